The average molecular weight is 195 g/mol. The van der Waals surface area contributed by atoms with Gasteiger partial charge in [0.05, 0.1) is 13.5 Å². The van der Waals surface area contributed by atoms with E-state index >= 15 is 0 Å². The number of ether oxygens (including phenoxy) is 1. The number of aryl methyl sites for hydroxylation is 1. The Labute approximate surface area is 81.9 Å². The van der Waals surface area contributed by atoms with Gasteiger partial charge in [0.2, 0.25) is 0 Å². The van der Waals surface area contributed by atoms with Crippen LogP contribution in [0.1, 0.15) is 17.7 Å². The Morgan fingerprint density at radius 1 is 1.71 bits per heavy atom. The molecule has 1 heterocycles. The predicted octanol–water partition coefficient (Wildman–Crippen LogP) is 0.877. The molecule has 0 saturated heterocycles. The lowest BCUT2D eigenvalue weighted by atomic mass is 10.2. The Morgan fingerprint density at radius 2 is 2.43 bits per heavy atom. The molecule has 0 amide bonds. The highest BCUT2D eigenvalue weighted by Gasteiger charge is 2.02. The maximum absolute atomic E-state index is 10.8. The van der Waals surface area contributed by atoms with Gasteiger partial charge in [0.25, 0.3) is 0 Å². The number of H-pyrrole nitrogens is 1. The van der Waals surface area contributed by atoms with Gasteiger partial charge in [-0.1, -0.05) is 12.2 Å². The SMILES string of the molecule is COC(=O)CC=Cc1c(N)n[nH]c1C. The molecule has 0 atom stereocenters. The van der Waals surface area contributed by atoms with Crippen molar-refractivity contribution in [3.8, 4) is 0 Å². The lowest BCUT2D eigenvalue weighted by Gasteiger charge is -1.93. The molecule has 14 heavy (non-hydrogen) atoms. The molecule has 1 rings (SSSR count). The highest BCUT2D eigenvalue weighted by molar-refractivity contribution is 5.73. The van der Waals surface area contributed by atoms with Crippen molar-refractivity contribution < 1.29 is 9.53 Å². The second kappa shape index (κ2) is 4.45. The van der Waals surface area contributed by atoms with E-state index in [9.17, 15) is 4.79 Å². The molecule has 5 heteroatoms. The van der Waals surface area contributed by atoms with Gasteiger partial charge >= 0.3 is 5.97 Å². The van der Waals surface area contributed by atoms with Crippen LogP contribution in [0.4, 0.5) is 5.82 Å². The highest BCUT2D eigenvalue weighted by atomic mass is 16.5. The molecule has 0 spiro atoms. The Kier molecular flexibility index (Phi) is 3.28. The normalized spacial score (nSPS) is 10.7. The quantitative estimate of drug-likeness (QED) is 0.701. The first-order chi connectivity index (χ1) is 6.65. The molecule has 0 aliphatic rings. The van der Waals surface area contributed by atoms with E-state index in [1.807, 2.05) is 6.92 Å². The molecule has 0 fully saturated rings. The second-order valence-electron chi connectivity index (χ2n) is 2.83. The number of rotatable bonds is 3. The van der Waals surface area contributed by atoms with Crippen LogP contribution in [0.2, 0.25) is 0 Å². The number of aromatic nitrogens is 2. The zero-order valence-electron chi connectivity index (χ0n) is 8.20. The number of nitrogens with one attached hydrogen (secondary N) is 1. The van der Waals surface area contributed by atoms with Crippen molar-refractivity contribution in [2.75, 3.05) is 12.8 Å². The van der Waals surface area contributed by atoms with Gasteiger partial charge in [-0.05, 0) is 6.92 Å². The smallest absolute Gasteiger partial charge is 0.309 e. The number of carbonyl (C=O) groups is 1. The van der Waals surface area contributed by atoms with Crippen LogP contribution < -0.4 is 5.73 Å². The number of hydrogen-bond donors (Lipinski definition) is 2. The van der Waals surface area contributed by atoms with Crippen molar-refractivity contribution in [2.24, 2.45) is 0 Å². The van der Waals surface area contributed by atoms with Gasteiger partial charge in [-0.15, -0.1) is 0 Å². The van der Waals surface area contributed by atoms with Gasteiger partial charge in [-0.25, -0.2) is 0 Å². The number of hydrogen-bond acceptors (Lipinski definition) is 4. The van der Waals surface area contributed by atoms with E-state index in [-0.39, 0.29) is 12.4 Å². The van der Waals surface area contributed by atoms with Gasteiger partial charge in [0.15, 0.2) is 5.82 Å². The van der Waals surface area contributed by atoms with Crippen molar-refractivity contribution in [3.05, 3.63) is 17.3 Å². The van der Waals surface area contributed by atoms with E-state index in [1.54, 1.807) is 12.2 Å². The van der Waals surface area contributed by atoms with E-state index in [2.05, 4.69) is 14.9 Å². The van der Waals surface area contributed by atoms with Crippen LogP contribution in [0.25, 0.3) is 6.08 Å². The maximum atomic E-state index is 10.8. The second-order valence-corrected chi connectivity index (χ2v) is 2.83. The number of nitrogen functional groups attached to an aromatic ring is 1. The van der Waals surface area contributed by atoms with Crippen LogP contribution in [-0.2, 0) is 9.53 Å². The number of carbonyl (C=O) groups excluding carboxylic acids is 1. The van der Waals surface area contributed by atoms with Crippen LogP contribution in [0.3, 0.4) is 0 Å². The van der Waals surface area contributed by atoms with Crippen molar-refractivity contribution in [1.29, 1.82) is 0 Å². The summed E-state index contributed by atoms with van der Waals surface area (Å²) in [5.74, 6) is 0.157. The molecule has 3 N–H and O–H groups in total. The summed E-state index contributed by atoms with van der Waals surface area (Å²) in [6.07, 6.45) is 3.69. The van der Waals surface area contributed by atoms with E-state index in [0.717, 1.165) is 11.3 Å². The van der Waals surface area contributed by atoms with Gasteiger partial charge < -0.3 is 10.5 Å². The molecule has 0 aromatic carbocycles. The lowest BCUT2D eigenvalue weighted by molar-refractivity contribution is -0.139. The van der Waals surface area contributed by atoms with Gasteiger partial charge in [0, 0.05) is 11.3 Å². The first kappa shape index (κ1) is 10.3. The standard InChI is InChI=1S/C9H13N3O2/c1-6-7(9(10)12-11-6)4-3-5-8(13)14-2/h3-4H,5H2,1-2H3,(H3,10,11,12). The summed E-state index contributed by atoms with van der Waals surface area (Å²) >= 11 is 0. The van der Waals surface area contributed by atoms with Gasteiger partial charge in [-0.2, -0.15) is 5.10 Å². The van der Waals surface area contributed by atoms with Crippen LogP contribution in [0.15, 0.2) is 6.08 Å². The van der Waals surface area contributed by atoms with E-state index in [1.165, 1.54) is 7.11 Å². The molecule has 1 aromatic rings. The summed E-state index contributed by atoms with van der Waals surface area (Å²) in [5, 5.41) is 6.57. The summed E-state index contributed by atoms with van der Waals surface area (Å²) in [6.45, 7) is 1.86. The van der Waals surface area contributed by atoms with E-state index in [0.29, 0.717) is 5.82 Å². The molecular weight excluding hydrogens is 182 g/mol. The van der Waals surface area contributed by atoms with Gasteiger partial charge in [0.1, 0.15) is 0 Å². The van der Waals surface area contributed by atoms with Crippen molar-refractivity contribution >= 4 is 17.9 Å². The Hall–Kier alpha value is -1.78. The fourth-order valence-electron chi connectivity index (χ4n) is 1.02. The summed E-state index contributed by atoms with van der Waals surface area (Å²) in [5.41, 5.74) is 7.27. The molecule has 0 radical (unpaired) electrons. The third-order valence-electron chi connectivity index (χ3n) is 1.82. The monoisotopic (exact) mass is 195 g/mol. The number of nitrogens with two attached hydrogens (primary N) is 1. The molecule has 76 valence electrons. The minimum Gasteiger partial charge on any atom is -0.469 e. The summed E-state index contributed by atoms with van der Waals surface area (Å²) in [6, 6.07) is 0. The third-order valence-corrected chi connectivity index (χ3v) is 1.82. The molecule has 1 aromatic heterocycles. The molecular formula is C9H13N3O2. The fourth-order valence-corrected chi connectivity index (χ4v) is 1.02. The largest absolute Gasteiger partial charge is 0.469 e. The Bertz CT molecular complexity index is 335. The van der Waals surface area contributed by atoms with Crippen LogP contribution in [-0.4, -0.2) is 23.3 Å². The minimum absolute atomic E-state index is 0.237. The van der Waals surface area contributed by atoms with Crippen molar-refractivity contribution in [3.63, 3.8) is 0 Å². The van der Waals surface area contributed by atoms with Crippen LogP contribution >= 0.6 is 0 Å². The summed E-state index contributed by atoms with van der Waals surface area (Å²) in [4.78, 5) is 10.8. The van der Waals surface area contributed by atoms with Crippen molar-refractivity contribution in [1.82, 2.24) is 10.2 Å². The lowest BCUT2D eigenvalue weighted by Crippen LogP contribution is -1.96. The first-order valence-electron chi connectivity index (χ1n) is 4.19. The molecule has 5 nitrogen and oxygen atoms in total. The van der Waals surface area contributed by atoms with E-state index < -0.39 is 0 Å². The summed E-state index contributed by atoms with van der Waals surface area (Å²) in [7, 11) is 1.35. The molecule has 0 aliphatic carbocycles. The zero-order valence-corrected chi connectivity index (χ0v) is 8.20. The highest BCUT2D eigenvalue weighted by Crippen LogP contribution is 2.14. The molecule has 0 unspecified atom stereocenters. The fraction of sp³-hybridized carbons (Fsp3) is 0.333. The van der Waals surface area contributed by atoms with Crippen molar-refractivity contribution in [2.45, 2.75) is 13.3 Å². The molecule has 0 saturated carbocycles. The minimum atomic E-state index is -0.277. The van der Waals surface area contributed by atoms with Crippen LogP contribution in [0.5, 0.6) is 0 Å². The topological polar surface area (TPSA) is 81.0 Å². The Balaban J connectivity index is 2.64. The summed E-state index contributed by atoms with van der Waals surface area (Å²) < 4.78 is 4.49. The Morgan fingerprint density at radius 3 is 2.93 bits per heavy atom. The maximum Gasteiger partial charge on any atom is 0.309 e. The number of esters is 1. The zero-order chi connectivity index (χ0) is 10.6. The van der Waals surface area contributed by atoms with Crippen LogP contribution in [0, 0.1) is 6.92 Å². The number of anilines is 1. The van der Waals surface area contributed by atoms with Gasteiger partial charge in [-0.3, -0.25) is 9.89 Å². The first-order valence-corrected chi connectivity index (χ1v) is 4.19. The number of methoxy groups -OCH3 is 1. The number of nitrogens with zero attached hydrogens (tertiary/aromatic N) is 1. The predicted molar refractivity (Wildman–Crippen MR) is 53.4 cm³/mol. The molecule has 0 bridgehead atoms. The van der Waals surface area contributed by atoms with E-state index in [4.69, 9.17) is 5.73 Å². The number of aromatic amines is 1. The molecule has 0 aliphatic heterocycles. The average Bonchev–Trinajstić information content (AvgIpc) is 2.48. The third kappa shape index (κ3) is 2.35.